The summed E-state index contributed by atoms with van der Waals surface area (Å²) in [7, 11) is 3.63. The average Bonchev–Trinajstić information content (AvgIpc) is 3.17. The lowest BCUT2D eigenvalue weighted by Gasteiger charge is -2.25. The number of imidazole rings is 1. The molecule has 3 aromatic carbocycles. The highest BCUT2D eigenvalue weighted by atomic mass is 16.5. The number of nitrogens with zero attached hydrogens (tertiary/aromatic N) is 4. The number of amides is 1. The number of hydrogen-bond acceptors (Lipinski definition) is 6. The van der Waals surface area contributed by atoms with Gasteiger partial charge in [-0.15, -0.1) is 0 Å². The summed E-state index contributed by atoms with van der Waals surface area (Å²) in [5, 5.41) is 0. The van der Waals surface area contributed by atoms with Gasteiger partial charge in [0.2, 0.25) is 0 Å². The van der Waals surface area contributed by atoms with Crippen molar-refractivity contribution in [1.29, 1.82) is 0 Å². The number of rotatable bonds is 4. The lowest BCUT2D eigenvalue weighted by Crippen LogP contribution is -2.26. The maximum absolute atomic E-state index is 13.5. The molecule has 8 nitrogen and oxygen atoms in total. The first-order valence-corrected chi connectivity index (χ1v) is 11.4. The molecular formula is C27H26N5O3+. The molecule has 0 saturated carbocycles. The summed E-state index contributed by atoms with van der Waals surface area (Å²) in [5.41, 5.74) is 5.17. The molecule has 2 heterocycles. The van der Waals surface area contributed by atoms with Gasteiger partial charge in [-0.1, -0.05) is 24.3 Å². The first kappa shape index (κ1) is 22.5. The molecule has 0 fully saturated rings. The summed E-state index contributed by atoms with van der Waals surface area (Å²) >= 11 is 0. The van der Waals surface area contributed by atoms with Crippen molar-refractivity contribution in [2.75, 3.05) is 32.1 Å². The number of H-pyrrole nitrogens is 1. The van der Waals surface area contributed by atoms with Gasteiger partial charge < -0.3 is 19.5 Å². The molecule has 0 aliphatic carbocycles. The van der Waals surface area contributed by atoms with E-state index in [1.54, 1.807) is 24.3 Å². The smallest absolute Gasteiger partial charge is 0.440 e. The Morgan fingerprint density at radius 1 is 1.11 bits per heavy atom. The Hall–Kier alpha value is -4.26. The second-order valence-electron chi connectivity index (χ2n) is 8.63. The Kier molecular flexibility index (Phi) is 5.91. The largest absolute Gasteiger partial charge is 0.496 e. The lowest BCUT2D eigenvalue weighted by molar-refractivity contribution is -0.330. The summed E-state index contributed by atoms with van der Waals surface area (Å²) < 4.78 is 6.58. The molecule has 0 bridgehead atoms. The van der Waals surface area contributed by atoms with Crippen LogP contribution in [-0.4, -0.2) is 58.7 Å². The van der Waals surface area contributed by atoms with Crippen LogP contribution in [0.15, 0.2) is 60.7 Å². The van der Waals surface area contributed by atoms with Crippen LogP contribution in [0.3, 0.4) is 0 Å². The second-order valence-corrected chi connectivity index (χ2v) is 8.63. The zero-order chi connectivity index (χ0) is 24.5. The van der Waals surface area contributed by atoms with Crippen molar-refractivity contribution in [2.45, 2.75) is 13.5 Å². The number of benzene rings is 3. The zero-order valence-corrected chi connectivity index (χ0v) is 19.9. The summed E-state index contributed by atoms with van der Waals surface area (Å²) in [5.74, 6) is 0.539. The predicted octanol–water partition coefficient (Wildman–Crippen LogP) is 4.28. The quantitative estimate of drug-likeness (QED) is 0.274. The van der Waals surface area contributed by atoms with Crippen LogP contribution in [-0.2, 0) is 11.3 Å². The van der Waals surface area contributed by atoms with Crippen LogP contribution in [0.1, 0.15) is 21.7 Å². The third kappa shape index (κ3) is 4.10. The van der Waals surface area contributed by atoms with Gasteiger partial charge in [0.1, 0.15) is 17.1 Å². The molecule has 1 aliphatic heterocycles. The van der Waals surface area contributed by atoms with Crippen molar-refractivity contribution in [1.82, 2.24) is 14.9 Å². The summed E-state index contributed by atoms with van der Waals surface area (Å²) in [4.78, 5) is 37.6. The molecule has 0 atom stereocenters. The molecule has 0 saturated heterocycles. The van der Waals surface area contributed by atoms with Crippen LogP contribution >= 0.6 is 0 Å². The topological polar surface area (TPSA) is 81.5 Å². The van der Waals surface area contributed by atoms with Crippen LogP contribution in [0.25, 0.3) is 11.0 Å². The number of likely N-dealkylation sites (N-methyl/N-ethyl adjacent to an activating group) is 1. The van der Waals surface area contributed by atoms with E-state index in [0.29, 0.717) is 22.8 Å². The number of carbonyl (C=O) groups is 1. The number of aryl methyl sites for hydroxylation is 1. The highest BCUT2D eigenvalue weighted by molar-refractivity contribution is 5.97. The molecule has 4 aromatic rings. The van der Waals surface area contributed by atoms with Crippen molar-refractivity contribution >= 4 is 40.1 Å². The highest BCUT2D eigenvalue weighted by Crippen LogP contribution is 2.35. The van der Waals surface area contributed by atoms with Gasteiger partial charge in [-0.05, 0) is 48.4 Å². The van der Waals surface area contributed by atoms with Crippen LogP contribution < -0.4 is 9.64 Å². The highest BCUT2D eigenvalue weighted by Gasteiger charge is 2.31. The fraction of sp³-hybridized carbons (Fsp3) is 0.222. The molecule has 0 spiro atoms. The molecule has 0 radical (unpaired) electrons. The van der Waals surface area contributed by atoms with Gasteiger partial charge in [-0.3, -0.25) is 0 Å². The fourth-order valence-corrected chi connectivity index (χ4v) is 4.60. The van der Waals surface area contributed by atoms with Crippen LogP contribution in [0.5, 0.6) is 5.75 Å². The molecule has 1 N–H and O–H groups in total. The molecule has 1 aliphatic rings. The number of isocyanates is 1. The van der Waals surface area contributed by atoms with E-state index in [9.17, 15) is 9.59 Å². The Labute approximate surface area is 203 Å². The number of aromatic nitrogens is 2. The summed E-state index contributed by atoms with van der Waals surface area (Å²) in [6, 6.07) is 19.0. The van der Waals surface area contributed by atoms with E-state index in [1.165, 1.54) is 12.7 Å². The van der Waals surface area contributed by atoms with Gasteiger partial charge in [-0.25, -0.2) is 9.78 Å². The second kappa shape index (κ2) is 9.18. The Morgan fingerprint density at radius 3 is 2.74 bits per heavy atom. The fourth-order valence-electron chi connectivity index (χ4n) is 4.60. The molecule has 5 rings (SSSR count). The van der Waals surface area contributed by atoms with Crippen molar-refractivity contribution in [3.63, 3.8) is 0 Å². The van der Waals surface area contributed by atoms with Crippen LogP contribution in [0.4, 0.5) is 17.1 Å². The van der Waals surface area contributed by atoms with Gasteiger partial charge in [-0.2, -0.15) is 4.79 Å². The Balaban J connectivity index is 1.55. The molecular weight excluding hydrogens is 442 g/mol. The lowest BCUT2D eigenvalue weighted by atomic mass is 10.1. The number of carbonyl (C=O) groups excluding carboxylic acids is 2. The standard InChI is InChI=1S/C27H26N5O3/c1-18-28-22-8-6-10-24(26(22)29-18)32(17-33)27(34)21-12-11-20(15-25(21)35-3)31-14-13-30(2)16-19-7-4-5-9-23(19)31/h4-12,15H,13-14,16H2,1-3H3,(H,28,29)/q+1. The predicted molar refractivity (Wildman–Crippen MR) is 134 cm³/mol. The van der Waals surface area contributed by atoms with Gasteiger partial charge >= 0.3 is 12.0 Å². The summed E-state index contributed by atoms with van der Waals surface area (Å²) in [6.07, 6.45) is 1.78. The normalized spacial score (nSPS) is 13.7. The van der Waals surface area contributed by atoms with E-state index in [1.807, 2.05) is 37.3 Å². The molecule has 1 amide bonds. The maximum atomic E-state index is 13.5. The van der Waals surface area contributed by atoms with E-state index in [2.05, 4.69) is 38.9 Å². The number of nitrogens with one attached hydrogen (secondary N) is 1. The number of ether oxygens (including phenoxy) is 1. The van der Waals surface area contributed by atoms with Crippen LogP contribution in [0.2, 0.25) is 0 Å². The number of fused-ring (bicyclic) bond motifs is 2. The van der Waals surface area contributed by atoms with E-state index < -0.39 is 5.91 Å². The van der Waals surface area contributed by atoms with E-state index in [0.717, 1.165) is 41.1 Å². The molecule has 176 valence electrons. The van der Waals surface area contributed by atoms with E-state index in [-0.39, 0.29) is 5.56 Å². The van der Waals surface area contributed by atoms with E-state index >= 15 is 0 Å². The van der Waals surface area contributed by atoms with Gasteiger partial charge in [0.15, 0.2) is 5.52 Å². The van der Waals surface area contributed by atoms with Gasteiger partial charge in [0, 0.05) is 43.1 Å². The van der Waals surface area contributed by atoms with Gasteiger partial charge in [0.05, 0.1) is 12.6 Å². The first-order chi connectivity index (χ1) is 17.0. The molecule has 1 aromatic heterocycles. The molecule has 0 unspecified atom stereocenters. The number of anilines is 2. The molecule has 8 heteroatoms. The minimum absolute atomic E-state index is 0.268. The number of methoxy groups -OCH3 is 1. The van der Waals surface area contributed by atoms with Crippen molar-refractivity contribution < 1.29 is 18.9 Å². The Bertz CT molecular complexity index is 1490. The SMILES string of the molecule is COc1cc(N2CCN(C)Cc3ccccc32)ccc1C(=O)[N+](=C=O)c1cccc2[nH]c(C)nc12. The minimum Gasteiger partial charge on any atom is -0.496 e. The third-order valence-corrected chi connectivity index (χ3v) is 6.30. The monoisotopic (exact) mass is 468 g/mol. The number of para-hydroxylation sites is 2. The van der Waals surface area contributed by atoms with Crippen LogP contribution in [0, 0.1) is 6.92 Å². The van der Waals surface area contributed by atoms with E-state index in [4.69, 9.17) is 4.74 Å². The van der Waals surface area contributed by atoms with Crippen molar-refractivity contribution in [3.8, 4) is 5.75 Å². The molecule has 35 heavy (non-hydrogen) atoms. The van der Waals surface area contributed by atoms with Crippen molar-refractivity contribution in [2.24, 2.45) is 0 Å². The third-order valence-electron chi connectivity index (χ3n) is 6.30. The van der Waals surface area contributed by atoms with Gasteiger partial charge in [0.25, 0.3) is 5.69 Å². The number of aromatic amines is 1. The number of hydrogen-bond donors (Lipinski definition) is 1. The summed E-state index contributed by atoms with van der Waals surface area (Å²) in [6.45, 7) is 4.36. The maximum Gasteiger partial charge on any atom is 0.440 e. The average molecular weight is 469 g/mol. The zero-order valence-electron chi connectivity index (χ0n) is 19.9. The first-order valence-electron chi connectivity index (χ1n) is 11.4. The van der Waals surface area contributed by atoms with Crippen molar-refractivity contribution in [3.05, 3.63) is 77.6 Å². The minimum atomic E-state index is -0.535. The Morgan fingerprint density at radius 2 is 1.94 bits per heavy atom.